The van der Waals surface area contributed by atoms with Crippen LogP contribution in [0.2, 0.25) is 0 Å². The van der Waals surface area contributed by atoms with Gasteiger partial charge in [0.2, 0.25) is 5.91 Å². The molecule has 0 fully saturated rings. The Labute approximate surface area is 66.2 Å². The van der Waals surface area contributed by atoms with Crippen molar-refractivity contribution in [2.24, 2.45) is 5.73 Å². The normalized spacial score (nSPS) is 24.5. The van der Waals surface area contributed by atoms with Gasteiger partial charge in [0.05, 0.1) is 6.10 Å². The summed E-state index contributed by atoms with van der Waals surface area (Å²) in [6.07, 6.45) is 4.63. The smallest absolute Gasteiger partial charge is 0.244 e. The third-order valence-electron chi connectivity index (χ3n) is 2.01. The van der Waals surface area contributed by atoms with Crippen LogP contribution < -0.4 is 5.73 Å². The summed E-state index contributed by atoms with van der Waals surface area (Å²) in [6, 6.07) is 0. The molecule has 1 atom stereocenters. The van der Waals surface area contributed by atoms with Gasteiger partial charge in [-0.1, -0.05) is 6.08 Å². The summed E-state index contributed by atoms with van der Waals surface area (Å²) in [5, 5.41) is 0. The Balaban J connectivity index is 2.50. The van der Waals surface area contributed by atoms with Crippen LogP contribution in [0.4, 0.5) is 0 Å². The lowest BCUT2D eigenvalue weighted by Gasteiger charge is -2.18. The fourth-order valence-electron chi connectivity index (χ4n) is 1.25. The van der Waals surface area contributed by atoms with E-state index >= 15 is 0 Å². The second-order valence-electron chi connectivity index (χ2n) is 2.73. The minimum absolute atomic E-state index is 0.276. The van der Waals surface area contributed by atoms with E-state index in [2.05, 4.69) is 0 Å². The van der Waals surface area contributed by atoms with E-state index < -0.39 is 0 Å². The average Bonchev–Trinajstić information content (AvgIpc) is 2.05. The van der Waals surface area contributed by atoms with Crippen molar-refractivity contribution in [3.05, 3.63) is 11.6 Å². The maximum Gasteiger partial charge on any atom is 0.244 e. The molecule has 3 heteroatoms. The zero-order valence-electron chi connectivity index (χ0n) is 6.67. The van der Waals surface area contributed by atoms with Crippen molar-refractivity contribution in [3.63, 3.8) is 0 Å². The lowest BCUT2D eigenvalue weighted by atomic mass is 9.97. The average molecular weight is 155 g/mol. The van der Waals surface area contributed by atoms with Gasteiger partial charge in [0.1, 0.15) is 0 Å². The van der Waals surface area contributed by atoms with Gasteiger partial charge in [0.25, 0.3) is 0 Å². The number of methoxy groups -OCH3 is 1. The molecule has 1 aliphatic carbocycles. The molecule has 1 unspecified atom stereocenters. The van der Waals surface area contributed by atoms with Gasteiger partial charge in [-0.05, 0) is 19.3 Å². The zero-order valence-corrected chi connectivity index (χ0v) is 6.67. The molecule has 1 aliphatic rings. The first-order valence-electron chi connectivity index (χ1n) is 3.75. The third kappa shape index (κ3) is 2.05. The van der Waals surface area contributed by atoms with Crippen LogP contribution >= 0.6 is 0 Å². The van der Waals surface area contributed by atoms with E-state index in [0.717, 1.165) is 24.8 Å². The molecular weight excluding hydrogens is 142 g/mol. The van der Waals surface area contributed by atoms with E-state index in [0.29, 0.717) is 0 Å². The third-order valence-corrected chi connectivity index (χ3v) is 2.01. The van der Waals surface area contributed by atoms with Crippen LogP contribution in [0.3, 0.4) is 0 Å². The number of nitrogens with two attached hydrogens (primary N) is 1. The van der Waals surface area contributed by atoms with Gasteiger partial charge in [-0.25, -0.2) is 0 Å². The zero-order chi connectivity index (χ0) is 8.27. The summed E-state index contributed by atoms with van der Waals surface area (Å²) in [5.41, 5.74) is 5.85. The number of ether oxygens (including phenoxy) is 1. The van der Waals surface area contributed by atoms with Crippen molar-refractivity contribution >= 4 is 5.91 Å². The molecule has 0 aromatic carbocycles. The summed E-state index contributed by atoms with van der Waals surface area (Å²) in [7, 11) is 1.69. The predicted octanol–water partition coefficient (Wildman–Crippen LogP) is 0.597. The Morgan fingerprint density at radius 1 is 1.82 bits per heavy atom. The Morgan fingerprint density at radius 3 is 2.91 bits per heavy atom. The molecule has 0 radical (unpaired) electrons. The standard InChI is InChI=1S/C8H13NO2/c1-11-7-4-2-6(3-5-7)8(9)10/h2,7H,3-5H2,1H3,(H2,9,10). The van der Waals surface area contributed by atoms with Crippen molar-refractivity contribution in [1.29, 1.82) is 0 Å². The summed E-state index contributed by atoms with van der Waals surface area (Å²) in [4.78, 5) is 10.7. The predicted molar refractivity (Wildman–Crippen MR) is 41.9 cm³/mol. The minimum Gasteiger partial charge on any atom is -0.381 e. The summed E-state index contributed by atoms with van der Waals surface area (Å²) < 4.78 is 5.12. The number of carbonyl (C=O) groups is 1. The van der Waals surface area contributed by atoms with Crippen molar-refractivity contribution in [1.82, 2.24) is 0 Å². The number of hydrogen-bond acceptors (Lipinski definition) is 2. The molecule has 1 amide bonds. The Kier molecular flexibility index (Phi) is 2.65. The summed E-state index contributed by atoms with van der Waals surface area (Å²) in [6.45, 7) is 0. The van der Waals surface area contributed by atoms with Gasteiger partial charge in [-0.3, -0.25) is 4.79 Å². The SMILES string of the molecule is COC1CC=C(C(N)=O)CC1. The lowest BCUT2D eigenvalue weighted by Crippen LogP contribution is -2.21. The maximum absolute atomic E-state index is 10.7. The molecule has 0 bridgehead atoms. The van der Waals surface area contributed by atoms with Crippen LogP contribution in [0.15, 0.2) is 11.6 Å². The molecule has 62 valence electrons. The van der Waals surface area contributed by atoms with E-state index in [1.165, 1.54) is 0 Å². The van der Waals surface area contributed by atoms with E-state index in [-0.39, 0.29) is 12.0 Å². The number of hydrogen-bond donors (Lipinski definition) is 1. The molecule has 0 saturated carbocycles. The summed E-state index contributed by atoms with van der Waals surface area (Å²) in [5.74, 6) is -0.292. The maximum atomic E-state index is 10.7. The van der Waals surface area contributed by atoms with Crippen LogP contribution in [0.25, 0.3) is 0 Å². The van der Waals surface area contributed by atoms with Gasteiger partial charge in [0.15, 0.2) is 0 Å². The monoisotopic (exact) mass is 155 g/mol. The molecule has 0 heterocycles. The van der Waals surface area contributed by atoms with Crippen molar-refractivity contribution < 1.29 is 9.53 Å². The van der Waals surface area contributed by atoms with E-state index in [9.17, 15) is 4.79 Å². The highest BCUT2D eigenvalue weighted by molar-refractivity contribution is 5.91. The molecule has 11 heavy (non-hydrogen) atoms. The largest absolute Gasteiger partial charge is 0.381 e. The van der Waals surface area contributed by atoms with Gasteiger partial charge < -0.3 is 10.5 Å². The highest BCUT2D eigenvalue weighted by Gasteiger charge is 2.15. The highest BCUT2D eigenvalue weighted by Crippen LogP contribution is 2.19. The first-order valence-corrected chi connectivity index (χ1v) is 3.75. The fourth-order valence-corrected chi connectivity index (χ4v) is 1.25. The van der Waals surface area contributed by atoms with Gasteiger partial charge in [-0.2, -0.15) is 0 Å². The fraction of sp³-hybridized carbons (Fsp3) is 0.625. The molecule has 0 aliphatic heterocycles. The van der Waals surface area contributed by atoms with Gasteiger partial charge in [0, 0.05) is 12.7 Å². The van der Waals surface area contributed by atoms with Crippen molar-refractivity contribution in [2.75, 3.05) is 7.11 Å². The molecular formula is C8H13NO2. The van der Waals surface area contributed by atoms with Crippen LogP contribution in [0.1, 0.15) is 19.3 Å². The Morgan fingerprint density at radius 2 is 2.55 bits per heavy atom. The van der Waals surface area contributed by atoms with E-state index in [1.54, 1.807) is 7.11 Å². The molecule has 3 nitrogen and oxygen atoms in total. The second kappa shape index (κ2) is 3.53. The van der Waals surface area contributed by atoms with E-state index in [4.69, 9.17) is 10.5 Å². The van der Waals surface area contributed by atoms with Crippen LogP contribution in [0, 0.1) is 0 Å². The Bertz CT molecular complexity index is 187. The number of rotatable bonds is 2. The van der Waals surface area contributed by atoms with Crippen LogP contribution in [-0.2, 0) is 9.53 Å². The lowest BCUT2D eigenvalue weighted by molar-refractivity contribution is -0.114. The van der Waals surface area contributed by atoms with Gasteiger partial charge in [-0.15, -0.1) is 0 Å². The van der Waals surface area contributed by atoms with Gasteiger partial charge >= 0.3 is 0 Å². The number of primary amides is 1. The molecule has 0 saturated heterocycles. The molecule has 1 rings (SSSR count). The molecule has 0 aromatic heterocycles. The minimum atomic E-state index is -0.292. The molecule has 0 spiro atoms. The molecule has 2 N–H and O–H groups in total. The quantitative estimate of drug-likeness (QED) is 0.634. The number of amides is 1. The Hall–Kier alpha value is -0.830. The summed E-state index contributed by atoms with van der Waals surface area (Å²) >= 11 is 0. The van der Waals surface area contributed by atoms with Crippen LogP contribution in [0.5, 0.6) is 0 Å². The second-order valence-corrected chi connectivity index (χ2v) is 2.73. The first kappa shape index (κ1) is 8.27. The van der Waals surface area contributed by atoms with Crippen molar-refractivity contribution in [3.8, 4) is 0 Å². The van der Waals surface area contributed by atoms with Crippen LogP contribution in [-0.4, -0.2) is 19.1 Å². The highest BCUT2D eigenvalue weighted by atomic mass is 16.5. The van der Waals surface area contributed by atoms with E-state index in [1.807, 2.05) is 6.08 Å². The first-order chi connectivity index (χ1) is 5.24. The van der Waals surface area contributed by atoms with Crippen molar-refractivity contribution in [2.45, 2.75) is 25.4 Å². The molecule has 0 aromatic rings. The topological polar surface area (TPSA) is 52.3 Å². The number of carbonyl (C=O) groups excluding carboxylic acids is 1.